The van der Waals surface area contributed by atoms with Crippen LogP contribution in [0, 0.1) is 0 Å². The summed E-state index contributed by atoms with van der Waals surface area (Å²) in [5, 5.41) is 0. The molecule has 3 aliphatic rings. The van der Waals surface area contributed by atoms with Crippen LogP contribution >= 0.6 is 0 Å². The number of methoxy groups -OCH3 is 1. The first-order valence-corrected chi connectivity index (χ1v) is 7.37. The van der Waals surface area contributed by atoms with E-state index in [1.54, 1.807) is 7.11 Å². The van der Waals surface area contributed by atoms with Crippen molar-refractivity contribution in [3.05, 3.63) is 17.7 Å². The molecule has 1 aromatic carbocycles. The number of fused-ring (bicyclic) bond motifs is 2. The van der Waals surface area contributed by atoms with Crippen LogP contribution in [0.4, 0.5) is 4.79 Å². The minimum absolute atomic E-state index is 0.164. The number of nitrogens with zero attached hydrogens (tertiary/aromatic N) is 2. The van der Waals surface area contributed by atoms with E-state index in [1.807, 2.05) is 17.0 Å². The average molecular weight is 306 g/mol. The van der Waals surface area contributed by atoms with Crippen LogP contribution in [0.5, 0.6) is 17.2 Å². The molecule has 0 N–H and O–H groups in total. The fourth-order valence-electron chi connectivity index (χ4n) is 3.23. The molecule has 4 rings (SSSR count). The van der Waals surface area contributed by atoms with Gasteiger partial charge >= 0.3 is 6.09 Å². The van der Waals surface area contributed by atoms with Crippen molar-refractivity contribution in [1.29, 1.82) is 0 Å². The van der Waals surface area contributed by atoms with E-state index in [1.165, 1.54) is 0 Å². The molecular weight excluding hydrogens is 288 g/mol. The number of carbonyl (C=O) groups excluding carboxylic acids is 1. The van der Waals surface area contributed by atoms with Gasteiger partial charge < -0.3 is 18.9 Å². The molecule has 0 radical (unpaired) electrons. The van der Waals surface area contributed by atoms with E-state index in [4.69, 9.17) is 18.9 Å². The predicted molar refractivity (Wildman–Crippen MR) is 76.2 cm³/mol. The van der Waals surface area contributed by atoms with Gasteiger partial charge in [-0.3, -0.25) is 9.80 Å². The number of carbonyl (C=O) groups is 1. The zero-order chi connectivity index (χ0) is 15.1. The van der Waals surface area contributed by atoms with Gasteiger partial charge in [0.05, 0.1) is 13.2 Å². The summed E-state index contributed by atoms with van der Waals surface area (Å²) < 4.78 is 21.3. The normalized spacial score (nSPS) is 23.4. The number of amides is 1. The molecule has 3 aliphatic heterocycles. The molecule has 0 aliphatic carbocycles. The van der Waals surface area contributed by atoms with Crippen molar-refractivity contribution in [3.63, 3.8) is 0 Å². The van der Waals surface area contributed by atoms with Gasteiger partial charge in [-0.2, -0.15) is 0 Å². The number of hydrogen-bond acceptors (Lipinski definition) is 6. The summed E-state index contributed by atoms with van der Waals surface area (Å²) in [6, 6.07) is 4.14. The van der Waals surface area contributed by atoms with Crippen LogP contribution in [0.3, 0.4) is 0 Å². The molecule has 1 amide bonds. The van der Waals surface area contributed by atoms with Gasteiger partial charge in [-0.15, -0.1) is 0 Å². The highest BCUT2D eigenvalue weighted by molar-refractivity contribution is 5.70. The molecule has 1 aromatic rings. The van der Waals surface area contributed by atoms with Gasteiger partial charge in [0, 0.05) is 26.2 Å². The van der Waals surface area contributed by atoms with Crippen molar-refractivity contribution in [1.82, 2.24) is 9.80 Å². The number of piperazine rings is 1. The van der Waals surface area contributed by atoms with Gasteiger partial charge in [0.1, 0.15) is 6.61 Å². The lowest BCUT2D eigenvalue weighted by atomic mass is 10.1. The van der Waals surface area contributed by atoms with Gasteiger partial charge in [-0.1, -0.05) is 0 Å². The van der Waals surface area contributed by atoms with Crippen LogP contribution in [0.25, 0.3) is 0 Å². The lowest BCUT2D eigenvalue weighted by molar-refractivity contribution is 0.115. The molecule has 1 unspecified atom stereocenters. The molecular formula is C15H18N2O5. The Kier molecular flexibility index (Phi) is 3.22. The van der Waals surface area contributed by atoms with E-state index < -0.39 is 0 Å². The van der Waals surface area contributed by atoms with E-state index in [0.29, 0.717) is 24.7 Å². The van der Waals surface area contributed by atoms with Crippen molar-refractivity contribution < 1.29 is 23.7 Å². The quantitative estimate of drug-likeness (QED) is 0.832. The zero-order valence-corrected chi connectivity index (χ0v) is 12.4. The first-order valence-electron chi connectivity index (χ1n) is 7.37. The van der Waals surface area contributed by atoms with Crippen molar-refractivity contribution >= 4 is 6.09 Å². The Labute approximate surface area is 128 Å². The lowest BCUT2D eigenvalue weighted by Gasteiger charge is -2.35. The SMILES string of the molecule is COc1cc(CN2CCN3C(=O)OCC3C2)cc2c1OCO2. The summed E-state index contributed by atoms with van der Waals surface area (Å²) in [7, 11) is 1.63. The maximum Gasteiger partial charge on any atom is 0.410 e. The Morgan fingerprint density at radius 2 is 2.18 bits per heavy atom. The fourth-order valence-corrected chi connectivity index (χ4v) is 3.23. The van der Waals surface area contributed by atoms with Crippen LogP contribution in [-0.4, -0.2) is 62.1 Å². The molecule has 0 spiro atoms. The zero-order valence-electron chi connectivity index (χ0n) is 12.4. The van der Waals surface area contributed by atoms with Gasteiger partial charge in [0.15, 0.2) is 11.5 Å². The molecule has 3 heterocycles. The second-order valence-corrected chi connectivity index (χ2v) is 5.69. The highest BCUT2D eigenvalue weighted by Crippen LogP contribution is 2.42. The smallest absolute Gasteiger partial charge is 0.410 e. The van der Waals surface area contributed by atoms with Gasteiger partial charge in [0.2, 0.25) is 12.5 Å². The first-order chi connectivity index (χ1) is 10.7. The molecule has 22 heavy (non-hydrogen) atoms. The van der Waals surface area contributed by atoms with Crippen molar-refractivity contribution in [2.24, 2.45) is 0 Å². The standard InChI is InChI=1S/C15H18N2O5/c1-19-12-4-10(5-13-14(12)22-9-21-13)6-16-2-3-17-11(7-16)8-20-15(17)18/h4-5,11H,2-3,6-9H2,1H3. The van der Waals surface area contributed by atoms with E-state index in [2.05, 4.69) is 4.90 Å². The number of hydrogen-bond donors (Lipinski definition) is 0. The van der Waals surface area contributed by atoms with Crippen molar-refractivity contribution in [2.45, 2.75) is 12.6 Å². The monoisotopic (exact) mass is 306 g/mol. The molecule has 1 atom stereocenters. The minimum Gasteiger partial charge on any atom is -0.493 e. The van der Waals surface area contributed by atoms with Crippen LogP contribution in [0.15, 0.2) is 12.1 Å². The first kappa shape index (κ1) is 13.5. The van der Waals surface area contributed by atoms with Crippen molar-refractivity contribution in [3.8, 4) is 17.2 Å². The van der Waals surface area contributed by atoms with Crippen LogP contribution in [0.1, 0.15) is 5.56 Å². The Balaban J connectivity index is 1.49. The largest absolute Gasteiger partial charge is 0.493 e. The Morgan fingerprint density at radius 1 is 1.27 bits per heavy atom. The lowest BCUT2D eigenvalue weighted by Crippen LogP contribution is -2.51. The summed E-state index contributed by atoms with van der Waals surface area (Å²) >= 11 is 0. The number of benzene rings is 1. The summed E-state index contributed by atoms with van der Waals surface area (Å²) in [6.07, 6.45) is -0.186. The van der Waals surface area contributed by atoms with Crippen LogP contribution in [-0.2, 0) is 11.3 Å². The Bertz CT molecular complexity index is 606. The topological polar surface area (TPSA) is 60.5 Å². The summed E-state index contributed by atoms with van der Waals surface area (Å²) in [5.41, 5.74) is 1.11. The molecule has 118 valence electrons. The maximum atomic E-state index is 11.5. The third-order valence-corrected chi connectivity index (χ3v) is 4.32. The highest BCUT2D eigenvalue weighted by atomic mass is 16.7. The minimum atomic E-state index is -0.186. The number of rotatable bonds is 3. The maximum absolute atomic E-state index is 11.5. The molecule has 7 heteroatoms. The third-order valence-electron chi connectivity index (χ3n) is 4.32. The molecule has 0 bridgehead atoms. The third kappa shape index (κ3) is 2.21. The number of ether oxygens (including phenoxy) is 4. The van der Waals surface area contributed by atoms with Gasteiger partial charge in [-0.05, 0) is 17.7 Å². The van der Waals surface area contributed by atoms with E-state index in [9.17, 15) is 4.79 Å². The van der Waals surface area contributed by atoms with E-state index in [0.717, 1.165) is 30.9 Å². The summed E-state index contributed by atoms with van der Waals surface area (Å²) in [6.45, 7) is 3.87. The summed E-state index contributed by atoms with van der Waals surface area (Å²) in [4.78, 5) is 15.7. The van der Waals surface area contributed by atoms with Gasteiger partial charge in [0.25, 0.3) is 0 Å². The Hall–Kier alpha value is -2.15. The molecule has 2 fully saturated rings. The average Bonchev–Trinajstić information content (AvgIpc) is 3.13. The fraction of sp³-hybridized carbons (Fsp3) is 0.533. The van der Waals surface area contributed by atoms with E-state index in [-0.39, 0.29) is 18.9 Å². The molecule has 0 saturated carbocycles. The molecule has 2 saturated heterocycles. The second-order valence-electron chi connectivity index (χ2n) is 5.69. The Morgan fingerprint density at radius 3 is 3.05 bits per heavy atom. The molecule has 7 nitrogen and oxygen atoms in total. The highest BCUT2D eigenvalue weighted by Gasteiger charge is 2.37. The van der Waals surface area contributed by atoms with Crippen molar-refractivity contribution in [2.75, 3.05) is 40.1 Å². The predicted octanol–water partition coefficient (Wildman–Crippen LogP) is 1.06. The second kappa shape index (κ2) is 5.24. The summed E-state index contributed by atoms with van der Waals surface area (Å²) in [5.74, 6) is 2.10. The van der Waals surface area contributed by atoms with E-state index >= 15 is 0 Å². The van der Waals surface area contributed by atoms with Crippen LogP contribution in [0.2, 0.25) is 0 Å². The molecule has 0 aromatic heterocycles. The van der Waals surface area contributed by atoms with Gasteiger partial charge in [-0.25, -0.2) is 4.79 Å². The van der Waals surface area contributed by atoms with Crippen LogP contribution < -0.4 is 14.2 Å². The number of cyclic esters (lactones) is 1.